The zero-order chi connectivity index (χ0) is 13.8. The van der Waals surface area contributed by atoms with E-state index in [0.29, 0.717) is 26.2 Å². The quantitative estimate of drug-likeness (QED) is 0.756. The largest absolute Gasteiger partial charge is 0.478 e. The lowest BCUT2D eigenvalue weighted by atomic mass is 10.1. The second-order valence-electron chi connectivity index (χ2n) is 4.20. The number of carboxylic acids is 1. The molecule has 0 saturated carbocycles. The maximum absolute atomic E-state index is 12.2. The summed E-state index contributed by atoms with van der Waals surface area (Å²) in [6.45, 7) is 1.85. The Morgan fingerprint density at radius 1 is 1.16 bits per heavy atom. The van der Waals surface area contributed by atoms with E-state index in [4.69, 9.17) is 5.11 Å². The summed E-state index contributed by atoms with van der Waals surface area (Å²) in [5.41, 5.74) is 0.233. The van der Waals surface area contributed by atoms with Crippen LogP contribution in [-0.4, -0.2) is 64.4 Å². The molecule has 0 bridgehead atoms. The number of carboxylic acid groups (broad SMARTS) is 1. The summed E-state index contributed by atoms with van der Waals surface area (Å²) in [7, 11) is 0. The second kappa shape index (κ2) is 5.47. The molecule has 2 rings (SSSR count). The zero-order valence-corrected chi connectivity index (χ0v) is 10.2. The summed E-state index contributed by atoms with van der Waals surface area (Å²) in [5.74, 6) is -1.38. The minimum atomic E-state index is -1.12. The molecule has 0 spiro atoms. The number of aromatic carboxylic acids is 1. The third kappa shape index (κ3) is 2.87. The van der Waals surface area contributed by atoms with Gasteiger partial charge in [0.25, 0.3) is 5.91 Å². The number of nitrogens with zero attached hydrogens (tertiary/aromatic N) is 3. The molecule has 1 saturated heterocycles. The van der Waals surface area contributed by atoms with E-state index in [9.17, 15) is 14.4 Å². The molecule has 1 aromatic rings. The molecule has 0 radical (unpaired) electrons. The van der Waals surface area contributed by atoms with Crippen LogP contribution in [0, 0.1) is 0 Å². The normalized spacial score (nSPS) is 15.2. The predicted octanol–water partition coefficient (Wildman–Crippen LogP) is -0.306. The van der Waals surface area contributed by atoms with Crippen LogP contribution in [0.2, 0.25) is 0 Å². The summed E-state index contributed by atoms with van der Waals surface area (Å²) < 4.78 is 0. The standard InChI is InChI=1S/C12H13N3O4/c16-8-14-1-3-15(4-2-14)11(17)9-5-10(12(18)19)7-13-6-9/h5-8H,1-4H2,(H,18,19). The Morgan fingerprint density at radius 3 is 2.37 bits per heavy atom. The molecule has 0 aliphatic carbocycles. The van der Waals surface area contributed by atoms with Crippen molar-refractivity contribution in [1.29, 1.82) is 0 Å². The highest BCUT2D eigenvalue weighted by atomic mass is 16.4. The number of hydrogen-bond acceptors (Lipinski definition) is 4. The fourth-order valence-corrected chi connectivity index (χ4v) is 1.89. The molecule has 0 aromatic carbocycles. The van der Waals surface area contributed by atoms with Gasteiger partial charge in [-0.05, 0) is 6.07 Å². The van der Waals surface area contributed by atoms with E-state index in [1.54, 1.807) is 9.80 Å². The fraction of sp³-hybridized carbons (Fsp3) is 0.333. The van der Waals surface area contributed by atoms with Gasteiger partial charge in [0.15, 0.2) is 0 Å². The zero-order valence-electron chi connectivity index (χ0n) is 10.2. The first-order valence-electron chi connectivity index (χ1n) is 5.79. The molecule has 2 heterocycles. The number of hydrogen-bond donors (Lipinski definition) is 1. The first-order chi connectivity index (χ1) is 9.11. The molecule has 100 valence electrons. The first kappa shape index (κ1) is 13.0. The summed E-state index contributed by atoms with van der Waals surface area (Å²) >= 11 is 0. The Hall–Kier alpha value is -2.44. The van der Waals surface area contributed by atoms with Gasteiger partial charge in [0.05, 0.1) is 11.1 Å². The molecule has 1 aliphatic rings. The van der Waals surface area contributed by atoms with Gasteiger partial charge in [-0.3, -0.25) is 14.6 Å². The Bertz CT molecular complexity index is 509. The van der Waals surface area contributed by atoms with Crippen LogP contribution in [0.25, 0.3) is 0 Å². The molecule has 7 nitrogen and oxygen atoms in total. The van der Waals surface area contributed by atoms with Crippen molar-refractivity contribution in [3.63, 3.8) is 0 Å². The van der Waals surface area contributed by atoms with Gasteiger partial charge in [-0.2, -0.15) is 0 Å². The molecule has 1 aromatic heterocycles. The topological polar surface area (TPSA) is 90.8 Å². The van der Waals surface area contributed by atoms with Crippen LogP contribution in [0.3, 0.4) is 0 Å². The Balaban J connectivity index is 2.10. The second-order valence-corrected chi connectivity index (χ2v) is 4.20. The number of carbonyl (C=O) groups is 3. The summed E-state index contributed by atoms with van der Waals surface area (Å²) in [5, 5.41) is 8.86. The van der Waals surface area contributed by atoms with Crippen molar-refractivity contribution in [2.24, 2.45) is 0 Å². The van der Waals surface area contributed by atoms with Gasteiger partial charge in [-0.1, -0.05) is 0 Å². The van der Waals surface area contributed by atoms with Crippen LogP contribution in [0.1, 0.15) is 20.7 Å². The van der Waals surface area contributed by atoms with Crippen molar-refractivity contribution in [1.82, 2.24) is 14.8 Å². The van der Waals surface area contributed by atoms with Crippen LogP contribution in [0.5, 0.6) is 0 Å². The lowest BCUT2D eigenvalue weighted by Crippen LogP contribution is -2.48. The lowest BCUT2D eigenvalue weighted by Gasteiger charge is -2.32. The van der Waals surface area contributed by atoms with E-state index >= 15 is 0 Å². The number of rotatable bonds is 3. The van der Waals surface area contributed by atoms with E-state index in [2.05, 4.69) is 4.98 Å². The van der Waals surface area contributed by atoms with Crippen LogP contribution in [0.4, 0.5) is 0 Å². The van der Waals surface area contributed by atoms with Crippen molar-refractivity contribution in [3.8, 4) is 0 Å². The van der Waals surface area contributed by atoms with E-state index in [-0.39, 0.29) is 17.0 Å². The molecule has 1 aliphatic heterocycles. The molecular formula is C12H13N3O4. The molecule has 19 heavy (non-hydrogen) atoms. The summed E-state index contributed by atoms with van der Waals surface area (Å²) in [4.78, 5) is 40.5. The SMILES string of the molecule is O=CN1CCN(C(=O)c2cncc(C(=O)O)c2)CC1. The highest BCUT2D eigenvalue weighted by Crippen LogP contribution is 2.09. The van der Waals surface area contributed by atoms with E-state index in [1.807, 2.05) is 0 Å². The van der Waals surface area contributed by atoms with E-state index < -0.39 is 5.97 Å². The number of aromatic nitrogens is 1. The van der Waals surface area contributed by atoms with Gasteiger partial charge in [0.2, 0.25) is 6.41 Å². The summed E-state index contributed by atoms with van der Waals surface area (Å²) in [6.07, 6.45) is 3.30. The monoisotopic (exact) mass is 263 g/mol. The number of amides is 2. The van der Waals surface area contributed by atoms with Gasteiger partial charge in [0.1, 0.15) is 0 Å². The van der Waals surface area contributed by atoms with Crippen LogP contribution in [0.15, 0.2) is 18.5 Å². The molecule has 1 fully saturated rings. The first-order valence-corrected chi connectivity index (χ1v) is 5.79. The maximum Gasteiger partial charge on any atom is 0.337 e. The summed E-state index contributed by atoms with van der Waals surface area (Å²) in [6, 6.07) is 1.31. The molecule has 2 amide bonds. The van der Waals surface area contributed by atoms with Crippen LogP contribution >= 0.6 is 0 Å². The Morgan fingerprint density at radius 2 is 1.79 bits per heavy atom. The van der Waals surface area contributed by atoms with Gasteiger partial charge in [0, 0.05) is 38.6 Å². The smallest absolute Gasteiger partial charge is 0.337 e. The number of pyridine rings is 1. The number of carbonyl (C=O) groups excluding carboxylic acids is 2. The van der Waals surface area contributed by atoms with E-state index in [0.717, 1.165) is 6.41 Å². The van der Waals surface area contributed by atoms with Crippen molar-refractivity contribution in [2.45, 2.75) is 0 Å². The highest BCUT2D eigenvalue weighted by Gasteiger charge is 2.22. The molecule has 0 atom stereocenters. The number of piperazine rings is 1. The molecular weight excluding hydrogens is 250 g/mol. The molecule has 7 heteroatoms. The van der Waals surface area contributed by atoms with Crippen LogP contribution in [-0.2, 0) is 4.79 Å². The minimum absolute atomic E-state index is 0.0163. The average Bonchev–Trinajstić information content (AvgIpc) is 2.46. The van der Waals surface area contributed by atoms with Gasteiger partial charge >= 0.3 is 5.97 Å². The van der Waals surface area contributed by atoms with Gasteiger partial charge in [-0.15, -0.1) is 0 Å². The third-order valence-corrected chi connectivity index (χ3v) is 2.98. The Labute approximate surface area is 109 Å². The van der Waals surface area contributed by atoms with Gasteiger partial charge < -0.3 is 14.9 Å². The van der Waals surface area contributed by atoms with Crippen LogP contribution < -0.4 is 0 Å². The van der Waals surface area contributed by atoms with Crippen molar-refractivity contribution in [2.75, 3.05) is 26.2 Å². The van der Waals surface area contributed by atoms with Crippen molar-refractivity contribution < 1.29 is 19.5 Å². The maximum atomic E-state index is 12.2. The highest BCUT2D eigenvalue weighted by molar-refractivity contribution is 5.97. The van der Waals surface area contributed by atoms with Crippen molar-refractivity contribution in [3.05, 3.63) is 29.6 Å². The predicted molar refractivity (Wildman–Crippen MR) is 64.7 cm³/mol. The van der Waals surface area contributed by atoms with Crippen molar-refractivity contribution >= 4 is 18.3 Å². The fourth-order valence-electron chi connectivity index (χ4n) is 1.89. The lowest BCUT2D eigenvalue weighted by molar-refractivity contribution is -0.119. The van der Waals surface area contributed by atoms with Gasteiger partial charge in [-0.25, -0.2) is 4.79 Å². The molecule has 0 unspecified atom stereocenters. The average molecular weight is 263 g/mol. The van der Waals surface area contributed by atoms with E-state index in [1.165, 1.54) is 18.5 Å². The Kier molecular flexibility index (Phi) is 3.74. The minimum Gasteiger partial charge on any atom is -0.478 e. The third-order valence-electron chi connectivity index (χ3n) is 2.98. The molecule has 1 N–H and O–H groups in total.